The number of anilines is 1. The van der Waals surface area contributed by atoms with E-state index in [9.17, 15) is 21.6 Å². The molecule has 3 rings (SSSR count). The molecule has 0 aliphatic carbocycles. The van der Waals surface area contributed by atoms with Crippen molar-refractivity contribution in [3.8, 4) is 21.8 Å². The maximum Gasteiger partial charge on any atom is 0.516 e. The summed E-state index contributed by atoms with van der Waals surface area (Å²) in [5.41, 5.74) is -2.85. The molecule has 5 nitrogen and oxygen atoms in total. The maximum absolute atomic E-state index is 12.5. The monoisotopic (exact) mass is 433 g/mol. The molecule has 0 amide bonds. The third-order valence-corrected chi connectivity index (χ3v) is 5.86. The lowest BCUT2D eigenvalue weighted by Crippen LogP contribution is -2.29. The fourth-order valence-electron chi connectivity index (χ4n) is 2.23. The second-order valence-electron chi connectivity index (χ2n) is 5.47. The molecule has 11 heteroatoms. The minimum absolute atomic E-state index is 0.0701. The summed E-state index contributed by atoms with van der Waals surface area (Å²) >= 11 is 7.51. The number of rotatable bonds is 4. The molecule has 0 atom stereocenters. The predicted octanol–water partition coefficient (Wildman–Crippen LogP) is 5.10. The summed E-state index contributed by atoms with van der Waals surface area (Å²) in [6.45, 7) is 1.90. The minimum atomic E-state index is -5.51. The molecule has 27 heavy (non-hydrogen) atoms. The van der Waals surface area contributed by atoms with E-state index < -0.39 is 15.5 Å². The third-order valence-electron chi connectivity index (χ3n) is 3.56. The number of nitrogens with one attached hydrogen (secondary N) is 1. The standard InChI is InChI=1S/C16H11ClF3N3O2S2/c1-9-7-21-5-4-11(9)15-22-14(8-26-15)12-3-2-10(6-13(12)17)23-27(24,25)16(18,19)20/h2-8,23H,1H3. The fraction of sp³-hybridized carbons (Fsp3) is 0.125. The topological polar surface area (TPSA) is 72.0 Å². The first-order valence-electron chi connectivity index (χ1n) is 7.34. The first-order chi connectivity index (χ1) is 12.6. The van der Waals surface area contributed by atoms with Gasteiger partial charge in [-0.1, -0.05) is 11.6 Å². The largest absolute Gasteiger partial charge is 0.516 e. The molecule has 142 valence electrons. The van der Waals surface area contributed by atoms with E-state index >= 15 is 0 Å². The minimum Gasteiger partial charge on any atom is -0.276 e. The van der Waals surface area contributed by atoms with Crippen LogP contribution < -0.4 is 4.72 Å². The van der Waals surface area contributed by atoms with Crippen molar-refractivity contribution in [1.29, 1.82) is 0 Å². The first kappa shape index (κ1) is 19.6. The molecule has 0 spiro atoms. The average Bonchev–Trinajstić information content (AvgIpc) is 3.03. The Morgan fingerprint density at radius 1 is 1.19 bits per heavy atom. The molecule has 1 N–H and O–H groups in total. The number of hydrogen-bond acceptors (Lipinski definition) is 5. The summed E-state index contributed by atoms with van der Waals surface area (Å²) in [5.74, 6) is 0. The van der Waals surface area contributed by atoms with Gasteiger partial charge in [0.15, 0.2) is 0 Å². The smallest absolute Gasteiger partial charge is 0.276 e. The van der Waals surface area contributed by atoms with Gasteiger partial charge in [0.2, 0.25) is 0 Å². The van der Waals surface area contributed by atoms with Crippen LogP contribution in [0.15, 0.2) is 42.0 Å². The van der Waals surface area contributed by atoms with Gasteiger partial charge in [-0.15, -0.1) is 11.3 Å². The van der Waals surface area contributed by atoms with Gasteiger partial charge in [-0.05, 0) is 36.8 Å². The molecule has 0 saturated carbocycles. The normalized spacial score (nSPS) is 12.2. The lowest BCUT2D eigenvalue weighted by Gasteiger charge is -2.11. The van der Waals surface area contributed by atoms with Crippen LogP contribution in [-0.2, 0) is 10.0 Å². The van der Waals surface area contributed by atoms with Crippen LogP contribution in [0.25, 0.3) is 21.8 Å². The zero-order chi connectivity index (χ0) is 19.8. The van der Waals surface area contributed by atoms with Gasteiger partial charge in [0.25, 0.3) is 0 Å². The van der Waals surface area contributed by atoms with Gasteiger partial charge in [0, 0.05) is 28.9 Å². The Balaban J connectivity index is 1.91. The molecule has 3 aromatic rings. The highest BCUT2D eigenvalue weighted by atomic mass is 35.5. The highest BCUT2D eigenvalue weighted by Crippen LogP contribution is 2.35. The summed E-state index contributed by atoms with van der Waals surface area (Å²) < 4.78 is 61.2. The second kappa shape index (κ2) is 7.10. The summed E-state index contributed by atoms with van der Waals surface area (Å²) in [7, 11) is -5.51. The van der Waals surface area contributed by atoms with Crippen molar-refractivity contribution in [3.63, 3.8) is 0 Å². The molecule has 0 aliphatic rings. The van der Waals surface area contributed by atoms with Crippen molar-refractivity contribution in [2.75, 3.05) is 4.72 Å². The van der Waals surface area contributed by atoms with E-state index in [1.807, 2.05) is 13.0 Å². The van der Waals surface area contributed by atoms with Gasteiger partial charge in [-0.3, -0.25) is 9.71 Å². The van der Waals surface area contributed by atoms with Crippen molar-refractivity contribution < 1.29 is 21.6 Å². The van der Waals surface area contributed by atoms with Crippen LogP contribution >= 0.6 is 22.9 Å². The van der Waals surface area contributed by atoms with Gasteiger partial charge < -0.3 is 0 Å². The number of halogens is 4. The fourth-order valence-corrected chi connectivity index (χ4v) is 3.97. The number of aryl methyl sites for hydroxylation is 1. The summed E-state index contributed by atoms with van der Waals surface area (Å²) in [6, 6.07) is 5.54. The number of pyridine rings is 1. The number of aromatic nitrogens is 2. The lowest BCUT2D eigenvalue weighted by molar-refractivity contribution is -0.0429. The lowest BCUT2D eigenvalue weighted by atomic mass is 10.1. The Kier molecular flexibility index (Phi) is 5.15. The third kappa shape index (κ3) is 4.07. The molecule has 2 aromatic heterocycles. The number of nitrogens with zero attached hydrogens (tertiary/aromatic N) is 2. The van der Waals surface area contributed by atoms with Crippen LogP contribution in [0, 0.1) is 6.92 Å². The number of thiazole rings is 1. The molecule has 2 heterocycles. The molecule has 0 saturated heterocycles. The molecular formula is C16H11ClF3N3O2S2. The van der Waals surface area contributed by atoms with E-state index in [4.69, 9.17) is 11.6 Å². The van der Waals surface area contributed by atoms with Crippen LogP contribution in [0.2, 0.25) is 5.02 Å². The Labute approximate surface area is 161 Å². The zero-order valence-electron chi connectivity index (χ0n) is 13.6. The van der Waals surface area contributed by atoms with Gasteiger partial charge in [0.05, 0.1) is 16.4 Å². The van der Waals surface area contributed by atoms with Crippen molar-refractivity contribution in [3.05, 3.63) is 52.6 Å². The van der Waals surface area contributed by atoms with Crippen molar-refractivity contribution in [1.82, 2.24) is 9.97 Å². The molecule has 0 aliphatic heterocycles. The van der Waals surface area contributed by atoms with Gasteiger partial charge in [-0.2, -0.15) is 21.6 Å². The molecular weight excluding hydrogens is 423 g/mol. The number of benzene rings is 1. The van der Waals surface area contributed by atoms with E-state index in [0.29, 0.717) is 11.3 Å². The van der Waals surface area contributed by atoms with E-state index in [0.717, 1.165) is 22.2 Å². The highest BCUT2D eigenvalue weighted by molar-refractivity contribution is 7.93. The number of alkyl halides is 3. The number of sulfonamides is 1. The molecule has 0 unspecified atom stereocenters. The van der Waals surface area contributed by atoms with Crippen LogP contribution in [0.1, 0.15) is 5.56 Å². The molecule has 0 fully saturated rings. The van der Waals surface area contributed by atoms with Crippen molar-refractivity contribution in [2.24, 2.45) is 0 Å². The molecule has 1 aromatic carbocycles. The maximum atomic E-state index is 12.5. The Bertz CT molecular complexity index is 1100. The van der Waals surface area contributed by atoms with E-state index in [2.05, 4.69) is 9.97 Å². The molecule has 0 radical (unpaired) electrons. The second-order valence-corrected chi connectivity index (χ2v) is 8.41. The summed E-state index contributed by atoms with van der Waals surface area (Å²) in [5, 5.41) is 2.57. The Morgan fingerprint density at radius 3 is 2.56 bits per heavy atom. The van der Waals surface area contributed by atoms with E-state index in [1.54, 1.807) is 17.8 Å². The van der Waals surface area contributed by atoms with Crippen LogP contribution in [0.5, 0.6) is 0 Å². The Morgan fingerprint density at radius 2 is 1.93 bits per heavy atom. The molecule has 0 bridgehead atoms. The average molecular weight is 434 g/mol. The van der Waals surface area contributed by atoms with Gasteiger partial charge >= 0.3 is 15.5 Å². The van der Waals surface area contributed by atoms with E-state index in [1.165, 1.54) is 28.2 Å². The zero-order valence-corrected chi connectivity index (χ0v) is 16.0. The van der Waals surface area contributed by atoms with Gasteiger partial charge in [-0.25, -0.2) is 4.98 Å². The number of hydrogen-bond donors (Lipinski definition) is 1. The Hall–Kier alpha value is -2.17. The van der Waals surface area contributed by atoms with Crippen LogP contribution in [-0.4, -0.2) is 23.9 Å². The van der Waals surface area contributed by atoms with Crippen LogP contribution in [0.4, 0.5) is 18.9 Å². The van der Waals surface area contributed by atoms with Crippen LogP contribution in [0.3, 0.4) is 0 Å². The predicted molar refractivity (Wildman–Crippen MR) is 99.1 cm³/mol. The van der Waals surface area contributed by atoms with E-state index in [-0.39, 0.29) is 10.7 Å². The SMILES string of the molecule is Cc1cnccc1-c1nc(-c2ccc(NS(=O)(=O)C(F)(F)F)cc2Cl)cs1. The summed E-state index contributed by atoms with van der Waals surface area (Å²) in [4.78, 5) is 8.53. The quantitative estimate of drug-likeness (QED) is 0.621. The van der Waals surface area contributed by atoms with Crippen molar-refractivity contribution >= 4 is 38.6 Å². The first-order valence-corrected chi connectivity index (χ1v) is 10.1. The summed E-state index contributed by atoms with van der Waals surface area (Å²) in [6.07, 6.45) is 3.36. The van der Waals surface area contributed by atoms with Crippen molar-refractivity contribution in [2.45, 2.75) is 12.4 Å². The van der Waals surface area contributed by atoms with Gasteiger partial charge in [0.1, 0.15) is 5.01 Å². The highest BCUT2D eigenvalue weighted by Gasteiger charge is 2.46.